The molecule has 0 fully saturated rings. The molecule has 2 aromatic heterocycles. The van der Waals surface area contributed by atoms with Crippen LogP contribution in [-0.4, -0.2) is 26.3 Å². The van der Waals surface area contributed by atoms with Crippen molar-refractivity contribution in [1.29, 1.82) is 0 Å². The van der Waals surface area contributed by atoms with Crippen LogP contribution in [-0.2, 0) is 11.3 Å². The van der Waals surface area contributed by atoms with Gasteiger partial charge in [0.2, 0.25) is 5.89 Å². The molecule has 0 aliphatic rings. The predicted molar refractivity (Wildman–Crippen MR) is 69.8 cm³/mol. The lowest BCUT2D eigenvalue weighted by molar-refractivity contribution is 0.0677. The maximum absolute atomic E-state index is 5.56. The molecule has 19 heavy (non-hydrogen) atoms. The van der Waals surface area contributed by atoms with Gasteiger partial charge in [0.1, 0.15) is 11.9 Å². The number of rotatable bonds is 6. The van der Waals surface area contributed by atoms with E-state index in [1.807, 2.05) is 38.5 Å². The fraction of sp³-hybridized carbons (Fsp3) is 0.615. The molecule has 0 radical (unpaired) electrons. The van der Waals surface area contributed by atoms with Crippen molar-refractivity contribution in [2.75, 3.05) is 6.61 Å². The number of aromatic nitrogens is 4. The molecule has 2 heterocycles. The molecule has 1 unspecified atom stereocenters. The minimum atomic E-state index is -0.0449. The minimum Gasteiger partial charge on any atom is -0.371 e. The van der Waals surface area contributed by atoms with Crippen molar-refractivity contribution in [3.8, 4) is 0 Å². The quantitative estimate of drug-likeness (QED) is 0.802. The number of ether oxygens (including phenoxy) is 1. The molecule has 0 saturated heterocycles. The Labute approximate surface area is 112 Å². The molecule has 6 heteroatoms. The van der Waals surface area contributed by atoms with Gasteiger partial charge in [-0.15, -0.1) is 0 Å². The minimum absolute atomic E-state index is 0.0449. The van der Waals surface area contributed by atoms with Gasteiger partial charge in [0, 0.05) is 24.9 Å². The second kappa shape index (κ2) is 5.97. The lowest BCUT2D eigenvalue weighted by atomic mass is 10.2. The lowest BCUT2D eigenvalue weighted by Crippen LogP contribution is -2.11. The van der Waals surface area contributed by atoms with Gasteiger partial charge in [-0.25, -0.2) is 4.98 Å². The monoisotopic (exact) mass is 264 g/mol. The van der Waals surface area contributed by atoms with Crippen LogP contribution in [0.3, 0.4) is 0 Å². The third-order valence-corrected chi connectivity index (χ3v) is 2.82. The Morgan fingerprint density at radius 3 is 2.79 bits per heavy atom. The molecular weight excluding hydrogens is 244 g/mol. The van der Waals surface area contributed by atoms with Crippen LogP contribution in [0.25, 0.3) is 0 Å². The highest BCUT2D eigenvalue weighted by Crippen LogP contribution is 2.16. The summed E-state index contributed by atoms with van der Waals surface area (Å²) in [7, 11) is 0. The van der Waals surface area contributed by atoms with Crippen LogP contribution in [0.4, 0.5) is 0 Å². The Bertz CT molecular complexity index is 518. The Hall–Kier alpha value is -1.69. The average Bonchev–Trinajstić information content (AvgIpc) is 2.99. The highest BCUT2D eigenvalue weighted by Gasteiger charge is 2.15. The van der Waals surface area contributed by atoms with Crippen LogP contribution in [0.5, 0.6) is 0 Å². The molecular formula is C13H20N4O2. The molecule has 0 spiro atoms. The van der Waals surface area contributed by atoms with E-state index in [0.29, 0.717) is 24.9 Å². The molecule has 0 aliphatic carbocycles. The summed E-state index contributed by atoms with van der Waals surface area (Å²) >= 11 is 0. The van der Waals surface area contributed by atoms with Gasteiger partial charge >= 0.3 is 0 Å². The van der Waals surface area contributed by atoms with Crippen molar-refractivity contribution < 1.29 is 9.26 Å². The highest BCUT2D eigenvalue weighted by molar-refractivity contribution is 5.00. The van der Waals surface area contributed by atoms with Crippen molar-refractivity contribution in [3.05, 3.63) is 29.9 Å². The molecule has 1 atom stereocenters. The second-order valence-corrected chi connectivity index (χ2v) is 4.71. The Balaban J connectivity index is 2.12. The first-order chi connectivity index (χ1) is 9.11. The van der Waals surface area contributed by atoms with Crippen LogP contribution in [0.2, 0.25) is 0 Å². The van der Waals surface area contributed by atoms with Gasteiger partial charge in [-0.3, -0.25) is 0 Å². The number of nitrogens with zero attached hydrogens (tertiary/aromatic N) is 4. The second-order valence-electron chi connectivity index (χ2n) is 4.71. The number of hydrogen-bond donors (Lipinski definition) is 0. The summed E-state index contributed by atoms with van der Waals surface area (Å²) in [6.07, 6.45) is 3.61. The Morgan fingerprint density at radius 2 is 2.16 bits per heavy atom. The molecule has 6 nitrogen and oxygen atoms in total. The molecule has 0 aliphatic heterocycles. The third kappa shape index (κ3) is 3.20. The van der Waals surface area contributed by atoms with Crippen LogP contribution in [0.1, 0.15) is 57.3 Å². The highest BCUT2D eigenvalue weighted by atomic mass is 16.5. The normalized spacial score (nSPS) is 13.1. The lowest BCUT2D eigenvalue weighted by Gasteiger charge is -2.12. The van der Waals surface area contributed by atoms with Crippen molar-refractivity contribution in [2.45, 2.75) is 46.3 Å². The molecule has 0 bridgehead atoms. The van der Waals surface area contributed by atoms with Crippen LogP contribution in [0.15, 0.2) is 16.9 Å². The largest absolute Gasteiger partial charge is 0.371 e. The van der Waals surface area contributed by atoms with E-state index in [9.17, 15) is 0 Å². The average molecular weight is 264 g/mol. The fourth-order valence-corrected chi connectivity index (χ4v) is 1.86. The molecule has 2 rings (SSSR count). The standard InChI is InChI=1S/C13H20N4O2/c1-5-18-10(4)12-14-6-7-17(12)8-11-15-13(9(2)3)19-16-11/h6-7,9-10H,5,8H2,1-4H3. The summed E-state index contributed by atoms with van der Waals surface area (Å²) in [5.41, 5.74) is 0. The van der Waals surface area contributed by atoms with E-state index in [1.165, 1.54) is 0 Å². The van der Waals surface area contributed by atoms with Gasteiger partial charge in [-0.05, 0) is 13.8 Å². The zero-order valence-corrected chi connectivity index (χ0v) is 11.8. The van der Waals surface area contributed by atoms with Crippen LogP contribution < -0.4 is 0 Å². The first-order valence-electron chi connectivity index (χ1n) is 6.57. The SMILES string of the molecule is CCOC(C)c1nccn1Cc1noc(C(C)C)n1. The van der Waals surface area contributed by atoms with Crippen LogP contribution >= 0.6 is 0 Å². The van der Waals surface area contributed by atoms with E-state index in [2.05, 4.69) is 15.1 Å². The van der Waals surface area contributed by atoms with E-state index in [-0.39, 0.29) is 12.0 Å². The van der Waals surface area contributed by atoms with Crippen molar-refractivity contribution >= 4 is 0 Å². The van der Waals surface area contributed by atoms with Gasteiger partial charge in [0.15, 0.2) is 5.82 Å². The molecule has 0 N–H and O–H groups in total. The van der Waals surface area contributed by atoms with Gasteiger partial charge in [-0.1, -0.05) is 19.0 Å². The zero-order chi connectivity index (χ0) is 13.8. The molecule has 104 valence electrons. The van der Waals surface area contributed by atoms with E-state index in [1.54, 1.807) is 6.20 Å². The topological polar surface area (TPSA) is 66.0 Å². The maximum Gasteiger partial charge on any atom is 0.229 e. The fourth-order valence-electron chi connectivity index (χ4n) is 1.86. The first kappa shape index (κ1) is 13.7. The summed E-state index contributed by atoms with van der Waals surface area (Å²) in [4.78, 5) is 8.69. The van der Waals surface area contributed by atoms with Gasteiger partial charge < -0.3 is 13.8 Å². The van der Waals surface area contributed by atoms with Gasteiger partial charge in [0.25, 0.3) is 0 Å². The van der Waals surface area contributed by atoms with Gasteiger partial charge in [0.05, 0.1) is 6.54 Å². The van der Waals surface area contributed by atoms with Gasteiger partial charge in [-0.2, -0.15) is 4.98 Å². The molecule has 0 amide bonds. The number of imidazole rings is 1. The van der Waals surface area contributed by atoms with E-state index in [0.717, 1.165) is 5.82 Å². The molecule has 2 aromatic rings. The summed E-state index contributed by atoms with van der Waals surface area (Å²) in [6.45, 7) is 9.21. The molecule has 0 aromatic carbocycles. The van der Waals surface area contributed by atoms with Crippen molar-refractivity contribution in [2.24, 2.45) is 0 Å². The molecule has 0 saturated carbocycles. The van der Waals surface area contributed by atoms with E-state index in [4.69, 9.17) is 9.26 Å². The van der Waals surface area contributed by atoms with Crippen molar-refractivity contribution in [1.82, 2.24) is 19.7 Å². The van der Waals surface area contributed by atoms with Crippen molar-refractivity contribution in [3.63, 3.8) is 0 Å². The smallest absolute Gasteiger partial charge is 0.229 e. The summed E-state index contributed by atoms with van der Waals surface area (Å²) < 4.78 is 12.7. The number of hydrogen-bond acceptors (Lipinski definition) is 5. The summed E-state index contributed by atoms with van der Waals surface area (Å²) in [5.74, 6) is 2.43. The van der Waals surface area contributed by atoms with E-state index < -0.39 is 0 Å². The van der Waals surface area contributed by atoms with Crippen LogP contribution in [0, 0.1) is 0 Å². The summed E-state index contributed by atoms with van der Waals surface area (Å²) in [5, 5.41) is 3.98. The third-order valence-electron chi connectivity index (χ3n) is 2.82. The maximum atomic E-state index is 5.56. The predicted octanol–water partition coefficient (Wildman–Crippen LogP) is 2.54. The zero-order valence-electron chi connectivity index (χ0n) is 11.8. The first-order valence-corrected chi connectivity index (χ1v) is 6.57. The Morgan fingerprint density at radius 1 is 1.37 bits per heavy atom. The Kier molecular flexibility index (Phi) is 4.31. The summed E-state index contributed by atoms with van der Waals surface area (Å²) in [6, 6.07) is 0. The van der Waals surface area contributed by atoms with E-state index >= 15 is 0 Å².